The first kappa shape index (κ1) is 16.0. The van der Waals surface area contributed by atoms with Crippen molar-refractivity contribution in [1.82, 2.24) is 25.1 Å². The molecular weight excluding hydrogens is 320 g/mol. The molecule has 0 aromatic carbocycles. The van der Waals surface area contributed by atoms with Crippen molar-refractivity contribution in [3.05, 3.63) is 35.4 Å². The molecule has 2 aromatic rings. The molecule has 8 heteroatoms. The number of carbonyl (C=O) groups is 1. The Kier molecular flexibility index (Phi) is 4.35. The monoisotopic (exact) mass is 342 g/mol. The van der Waals surface area contributed by atoms with E-state index < -0.39 is 0 Å². The number of piperidine rings is 1. The van der Waals surface area contributed by atoms with Gasteiger partial charge in [0.15, 0.2) is 0 Å². The Morgan fingerprint density at radius 1 is 1.44 bits per heavy atom. The number of aromatic nitrogens is 4. The highest BCUT2D eigenvalue weighted by atomic mass is 16.5. The maximum absolute atomic E-state index is 12.3. The van der Waals surface area contributed by atoms with Gasteiger partial charge in [0.25, 0.3) is 5.91 Å². The average Bonchev–Trinajstić information content (AvgIpc) is 3.08. The van der Waals surface area contributed by atoms with Gasteiger partial charge in [-0.1, -0.05) is 0 Å². The van der Waals surface area contributed by atoms with Gasteiger partial charge in [0, 0.05) is 50.6 Å². The summed E-state index contributed by atoms with van der Waals surface area (Å²) in [6, 6.07) is 1.80. The molecule has 4 heterocycles. The number of anilines is 1. The second-order valence-corrected chi connectivity index (χ2v) is 6.58. The van der Waals surface area contributed by atoms with Crippen LogP contribution in [0.2, 0.25) is 0 Å². The summed E-state index contributed by atoms with van der Waals surface area (Å²) in [6.07, 6.45) is 6.42. The fraction of sp³-hybridized carbons (Fsp3) is 0.529. The summed E-state index contributed by atoms with van der Waals surface area (Å²) in [5.41, 5.74) is 2.60. The molecule has 4 rings (SSSR count). The van der Waals surface area contributed by atoms with E-state index in [-0.39, 0.29) is 11.9 Å². The van der Waals surface area contributed by atoms with Crippen LogP contribution < -0.4 is 10.2 Å². The largest absolute Gasteiger partial charge is 0.376 e. The number of fused-ring (bicyclic) bond motifs is 1. The van der Waals surface area contributed by atoms with E-state index in [2.05, 4.69) is 20.3 Å². The van der Waals surface area contributed by atoms with Crippen LogP contribution in [0.25, 0.3) is 0 Å². The van der Waals surface area contributed by atoms with Crippen molar-refractivity contribution in [2.75, 3.05) is 24.6 Å². The maximum Gasteiger partial charge on any atom is 0.272 e. The van der Waals surface area contributed by atoms with Gasteiger partial charge in [-0.2, -0.15) is 5.10 Å². The quantitative estimate of drug-likeness (QED) is 0.883. The van der Waals surface area contributed by atoms with Crippen LogP contribution in [-0.4, -0.2) is 51.4 Å². The van der Waals surface area contributed by atoms with Crippen LogP contribution in [0, 0.1) is 0 Å². The zero-order valence-electron chi connectivity index (χ0n) is 14.3. The van der Waals surface area contributed by atoms with Crippen molar-refractivity contribution in [2.45, 2.75) is 31.9 Å². The third-order valence-corrected chi connectivity index (χ3v) is 4.67. The molecular formula is C17H22N6O2. The zero-order valence-corrected chi connectivity index (χ0v) is 14.3. The first-order chi connectivity index (χ1) is 12.2. The molecule has 8 nitrogen and oxygen atoms in total. The van der Waals surface area contributed by atoms with Gasteiger partial charge >= 0.3 is 0 Å². The number of nitrogens with one attached hydrogen (secondary N) is 1. The van der Waals surface area contributed by atoms with Crippen LogP contribution in [-0.2, 0) is 24.8 Å². The molecule has 0 radical (unpaired) electrons. The Bertz CT molecular complexity index is 774. The summed E-state index contributed by atoms with van der Waals surface area (Å²) in [4.78, 5) is 23.7. The summed E-state index contributed by atoms with van der Waals surface area (Å²) in [5, 5.41) is 7.23. The van der Waals surface area contributed by atoms with Crippen molar-refractivity contribution in [2.24, 2.45) is 7.05 Å². The van der Waals surface area contributed by atoms with E-state index in [4.69, 9.17) is 9.72 Å². The first-order valence-corrected chi connectivity index (χ1v) is 8.67. The molecule has 1 fully saturated rings. The van der Waals surface area contributed by atoms with Gasteiger partial charge in [-0.15, -0.1) is 0 Å². The van der Waals surface area contributed by atoms with E-state index in [0.29, 0.717) is 25.5 Å². The van der Waals surface area contributed by atoms with Crippen molar-refractivity contribution in [3.8, 4) is 0 Å². The van der Waals surface area contributed by atoms with Gasteiger partial charge in [-0.3, -0.25) is 9.48 Å². The summed E-state index contributed by atoms with van der Waals surface area (Å²) in [5.74, 6) is 0.619. The number of nitrogens with zero attached hydrogens (tertiary/aromatic N) is 5. The second kappa shape index (κ2) is 6.79. The minimum absolute atomic E-state index is 0.0752. The SMILES string of the molecule is Cn1ccc(C(=O)NC2CCCN(c3ncc4c(n3)CCOC4)C2)n1. The fourth-order valence-electron chi connectivity index (χ4n) is 3.34. The topological polar surface area (TPSA) is 85.2 Å². The molecule has 1 amide bonds. The Hall–Kier alpha value is -2.48. The molecule has 0 bridgehead atoms. The lowest BCUT2D eigenvalue weighted by Gasteiger charge is -2.33. The Labute approximate surface area is 146 Å². The summed E-state index contributed by atoms with van der Waals surface area (Å²) in [7, 11) is 1.80. The van der Waals surface area contributed by atoms with E-state index in [1.807, 2.05) is 6.20 Å². The number of hydrogen-bond acceptors (Lipinski definition) is 6. The third kappa shape index (κ3) is 3.48. The summed E-state index contributed by atoms with van der Waals surface area (Å²) >= 11 is 0. The van der Waals surface area contributed by atoms with Crippen LogP contribution in [0.4, 0.5) is 5.95 Å². The molecule has 132 valence electrons. The Morgan fingerprint density at radius 2 is 2.36 bits per heavy atom. The Balaban J connectivity index is 1.43. The number of aryl methyl sites for hydroxylation is 1. The molecule has 1 saturated heterocycles. The lowest BCUT2D eigenvalue weighted by molar-refractivity contribution is 0.0927. The summed E-state index contributed by atoms with van der Waals surface area (Å²) in [6.45, 7) is 2.93. The minimum Gasteiger partial charge on any atom is -0.376 e. The third-order valence-electron chi connectivity index (χ3n) is 4.67. The van der Waals surface area contributed by atoms with Gasteiger partial charge in [0.2, 0.25) is 5.95 Å². The van der Waals surface area contributed by atoms with Gasteiger partial charge < -0.3 is 15.0 Å². The molecule has 25 heavy (non-hydrogen) atoms. The first-order valence-electron chi connectivity index (χ1n) is 8.67. The van der Waals surface area contributed by atoms with E-state index in [0.717, 1.165) is 43.0 Å². The van der Waals surface area contributed by atoms with Gasteiger partial charge in [-0.25, -0.2) is 9.97 Å². The zero-order chi connectivity index (χ0) is 17.2. The van der Waals surface area contributed by atoms with Crippen LogP contribution in [0.15, 0.2) is 18.5 Å². The van der Waals surface area contributed by atoms with E-state index in [9.17, 15) is 4.79 Å². The second-order valence-electron chi connectivity index (χ2n) is 6.58. The van der Waals surface area contributed by atoms with Crippen molar-refractivity contribution >= 4 is 11.9 Å². The molecule has 0 spiro atoms. The molecule has 0 saturated carbocycles. The molecule has 2 aliphatic heterocycles. The molecule has 1 N–H and O–H groups in total. The van der Waals surface area contributed by atoms with Gasteiger partial charge in [0.1, 0.15) is 5.69 Å². The smallest absolute Gasteiger partial charge is 0.272 e. The lowest BCUT2D eigenvalue weighted by atomic mass is 10.1. The van der Waals surface area contributed by atoms with E-state index >= 15 is 0 Å². The van der Waals surface area contributed by atoms with Crippen LogP contribution in [0.5, 0.6) is 0 Å². The van der Waals surface area contributed by atoms with Crippen molar-refractivity contribution in [1.29, 1.82) is 0 Å². The maximum atomic E-state index is 12.3. The molecule has 0 aliphatic carbocycles. The molecule has 2 aromatic heterocycles. The predicted octanol–water partition coefficient (Wildman–Crippen LogP) is 0.682. The molecule has 1 unspecified atom stereocenters. The number of amides is 1. The van der Waals surface area contributed by atoms with Crippen molar-refractivity contribution in [3.63, 3.8) is 0 Å². The van der Waals surface area contributed by atoms with Crippen LogP contribution >= 0.6 is 0 Å². The number of carbonyl (C=O) groups excluding carboxylic acids is 1. The molecule has 2 aliphatic rings. The highest BCUT2D eigenvalue weighted by molar-refractivity contribution is 5.92. The number of rotatable bonds is 3. The molecule has 1 atom stereocenters. The van der Waals surface area contributed by atoms with Crippen LogP contribution in [0.1, 0.15) is 34.6 Å². The summed E-state index contributed by atoms with van der Waals surface area (Å²) < 4.78 is 7.07. The average molecular weight is 342 g/mol. The standard InChI is InChI=1S/C17H22N6O2/c1-22-7-4-15(21-22)16(24)19-13-3-2-6-23(10-13)17-18-9-12-11-25-8-5-14(12)20-17/h4,7,9,13H,2-3,5-6,8,10-11H2,1H3,(H,19,24). The number of ether oxygens (including phenoxy) is 1. The van der Waals surface area contributed by atoms with E-state index in [1.165, 1.54) is 0 Å². The number of hydrogen-bond donors (Lipinski definition) is 1. The fourth-order valence-corrected chi connectivity index (χ4v) is 3.34. The lowest BCUT2D eigenvalue weighted by Crippen LogP contribution is -2.48. The van der Waals surface area contributed by atoms with Gasteiger partial charge in [-0.05, 0) is 18.9 Å². The highest BCUT2D eigenvalue weighted by Gasteiger charge is 2.25. The van der Waals surface area contributed by atoms with Gasteiger partial charge in [0.05, 0.1) is 18.9 Å². The highest BCUT2D eigenvalue weighted by Crippen LogP contribution is 2.20. The van der Waals surface area contributed by atoms with E-state index in [1.54, 1.807) is 24.0 Å². The Morgan fingerprint density at radius 3 is 3.20 bits per heavy atom. The normalized spacial score (nSPS) is 20.2. The van der Waals surface area contributed by atoms with Crippen LogP contribution in [0.3, 0.4) is 0 Å². The predicted molar refractivity (Wildman–Crippen MR) is 91.3 cm³/mol. The van der Waals surface area contributed by atoms with Crippen molar-refractivity contribution < 1.29 is 9.53 Å². The minimum atomic E-state index is -0.129.